The van der Waals surface area contributed by atoms with E-state index in [0.29, 0.717) is 0 Å². The number of hydrogen-bond donors (Lipinski definition) is 1. The molecule has 1 aromatic carbocycles. The van der Waals surface area contributed by atoms with Crippen molar-refractivity contribution in [3.63, 3.8) is 0 Å². The molecule has 0 unspecified atom stereocenters. The predicted octanol–water partition coefficient (Wildman–Crippen LogP) is 2.72. The van der Waals surface area contributed by atoms with Crippen LogP contribution in [0.3, 0.4) is 0 Å². The van der Waals surface area contributed by atoms with E-state index in [1.54, 1.807) is 6.07 Å². The Morgan fingerprint density at radius 2 is 2.11 bits per heavy atom. The molecule has 102 valence electrons. The molecule has 1 aromatic rings. The third kappa shape index (κ3) is 2.67. The number of methoxy groups -OCH3 is 1. The Labute approximate surface area is 110 Å². The second-order valence-corrected chi connectivity index (χ2v) is 4.71. The quantitative estimate of drug-likeness (QED) is 0.672. The van der Waals surface area contributed by atoms with E-state index in [1.807, 2.05) is 6.07 Å². The third-order valence-electron chi connectivity index (χ3n) is 3.59. The van der Waals surface area contributed by atoms with Crippen LogP contribution in [0.2, 0.25) is 0 Å². The maximum Gasteiger partial charge on any atom is 0.407 e. The highest BCUT2D eigenvalue weighted by Crippen LogP contribution is 2.39. The Hall–Kier alpha value is -2.11. The number of carbonyl (C=O) groups is 1. The Morgan fingerprint density at radius 1 is 1.42 bits per heavy atom. The molecule has 6 nitrogen and oxygen atoms in total. The van der Waals surface area contributed by atoms with Crippen LogP contribution < -0.4 is 5.32 Å². The largest absolute Gasteiger partial charge is 0.453 e. The molecule has 1 fully saturated rings. The van der Waals surface area contributed by atoms with Crippen LogP contribution in [0.1, 0.15) is 31.2 Å². The molecule has 0 aromatic heterocycles. The summed E-state index contributed by atoms with van der Waals surface area (Å²) < 4.78 is 4.65. The molecule has 0 spiro atoms. The SMILES string of the molecule is COC(=O)NC1(c2cccc([N+](=O)[O-])c2)CCCC1. The van der Waals surface area contributed by atoms with Crippen LogP contribution in [0.25, 0.3) is 0 Å². The highest BCUT2D eigenvalue weighted by molar-refractivity contribution is 5.68. The molecule has 1 aliphatic rings. The number of nitrogens with one attached hydrogen (secondary N) is 1. The zero-order chi connectivity index (χ0) is 13.9. The van der Waals surface area contributed by atoms with Gasteiger partial charge in [-0.05, 0) is 18.4 Å². The lowest BCUT2D eigenvalue weighted by Gasteiger charge is -2.30. The number of hydrogen-bond acceptors (Lipinski definition) is 4. The lowest BCUT2D eigenvalue weighted by atomic mass is 9.88. The lowest BCUT2D eigenvalue weighted by molar-refractivity contribution is -0.385. The molecule has 1 saturated carbocycles. The second-order valence-electron chi connectivity index (χ2n) is 4.71. The van der Waals surface area contributed by atoms with E-state index < -0.39 is 16.6 Å². The predicted molar refractivity (Wildman–Crippen MR) is 68.8 cm³/mol. The molecular weight excluding hydrogens is 248 g/mol. The maximum absolute atomic E-state index is 11.5. The van der Waals surface area contributed by atoms with Gasteiger partial charge in [0.1, 0.15) is 0 Å². The van der Waals surface area contributed by atoms with Crippen molar-refractivity contribution in [1.82, 2.24) is 5.32 Å². The smallest absolute Gasteiger partial charge is 0.407 e. The van der Waals surface area contributed by atoms with E-state index in [9.17, 15) is 14.9 Å². The Balaban J connectivity index is 2.36. The number of rotatable bonds is 3. The molecule has 2 rings (SSSR count). The summed E-state index contributed by atoms with van der Waals surface area (Å²) in [6.07, 6.45) is 2.99. The fraction of sp³-hybridized carbons (Fsp3) is 0.462. The van der Waals surface area contributed by atoms with Crippen molar-refractivity contribution in [2.24, 2.45) is 0 Å². The molecule has 19 heavy (non-hydrogen) atoms. The Kier molecular flexibility index (Phi) is 3.69. The van der Waals surface area contributed by atoms with Crippen molar-refractivity contribution in [3.8, 4) is 0 Å². The molecule has 0 aliphatic heterocycles. The van der Waals surface area contributed by atoms with Gasteiger partial charge in [-0.25, -0.2) is 4.79 Å². The molecular formula is C13H16N2O4. The van der Waals surface area contributed by atoms with Gasteiger partial charge in [0.15, 0.2) is 0 Å². The summed E-state index contributed by atoms with van der Waals surface area (Å²) in [6, 6.07) is 6.44. The monoisotopic (exact) mass is 264 g/mol. The summed E-state index contributed by atoms with van der Waals surface area (Å²) in [6.45, 7) is 0. The standard InChI is InChI=1S/C13H16N2O4/c1-19-12(16)14-13(7-2-3-8-13)10-5-4-6-11(9-10)15(17)18/h4-6,9H,2-3,7-8H2,1H3,(H,14,16). The normalized spacial score (nSPS) is 16.9. The topological polar surface area (TPSA) is 81.5 Å². The number of benzene rings is 1. The van der Waals surface area contributed by atoms with Crippen molar-refractivity contribution < 1.29 is 14.5 Å². The van der Waals surface area contributed by atoms with E-state index in [1.165, 1.54) is 19.2 Å². The first-order chi connectivity index (χ1) is 9.07. The highest BCUT2D eigenvalue weighted by Gasteiger charge is 2.38. The van der Waals surface area contributed by atoms with E-state index in [4.69, 9.17) is 0 Å². The van der Waals surface area contributed by atoms with Crippen molar-refractivity contribution in [2.45, 2.75) is 31.2 Å². The number of amides is 1. The average Bonchev–Trinajstić information content (AvgIpc) is 2.88. The summed E-state index contributed by atoms with van der Waals surface area (Å²) in [5, 5.41) is 13.7. The minimum absolute atomic E-state index is 0.0374. The second kappa shape index (κ2) is 5.26. The van der Waals surface area contributed by atoms with Gasteiger partial charge in [-0.2, -0.15) is 0 Å². The van der Waals surface area contributed by atoms with Crippen molar-refractivity contribution in [3.05, 3.63) is 39.9 Å². The van der Waals surface area contributed by atoms with Gasteiger partial charge in [0.2, 0.25) is 0 Å². The molecule has 1 amide bonds. The minimum Gasteiger partial charge on any atom is -0.453 e. The third-order valence-corrected chi connectivity index (χ3v) is 3.59. The first-order valence-electron chi connectivity index (χ1n) is 6.18. The number of nitro groups is 1. The molecule has 0 bridgehead atoms. The summed E-state index contributed by atoms with van der Waals surface area (Å²) >= 11 is 0. The molecule has 0 radical (unpaired) electrons. The van der Waals surface area contributed by atoms with Crippen molar-refractivity contribution in [1.29, 1.82) is 0 Å². The minimum atomic E-state index is -0.543. The fourth-order valence-electron chi connectivity index (χ4n) is 2.63. The highest BCUT2D eigenvalue weighted by atomic mass is 16.6. The average molecular weight is 264 g/mol. The van der Waals surface area contributed by atoms with Gasteiger partial charge >= 0.3 is 6.09 Å². The summed E-state index contributed by atoms with van der Waals surface area (Å²) in [4.78, 5) is 21.9. The van der Waals surface area contributed by atoms with Crippen LogP contribution in [0, 0.1) is 10.1 Å². The fourth-order valence-corrected chi connectivity index (χ4v) is 2.63. The summed E-state index contributed by atoms with van der Waals surface area (Å²) in [7, 11) is 1.31. The van der Waals surface area contributed by atoms with Crippen LogP contribution in [0.5, 0.6) is 0 Å². The molecule has 1 N–H and O–H groups in total. The zero-order valence-electron chi connectivity index (χ0n) is 10.7. The van der Waals surface area contributed by atoms with Gasteiger partial charge in [0.25, 0.3) is 5.69 Å². The van der Waals surface area contributed by atoms with Gasteiger partial charge in [-0.3, -0.25) is 10.1 Å². The number of carbonyl (C=O) groups excluding carboxylic acids is 1. The van der Waals surface area contributed by atoms with E-state index in [2.05, 4.69) is 10.1 Å². The van der Waals surface area contributed by atoms with Crippen LogP contribution in [0.4, 0.5) is 10.5 Å². The number of non-ortho nitro benzene ring substituents is 1. The molecule has 0 atom stereocenters. The van der Waals surface area contributed by atoms with Gasteiger partial charge in [0, 0.05) is 12.1 Å². The summed E-state index contributed by atoms with van der Waals surface area (Å²) in [5.74, 6) is 0. The number of alkyl carbamates (subject to hydrolysis) is 1. The molecule has 6 heteroatoms. The van der Waals surface area contributed by atoms with Gasteiger partial charge in [-0.1, -0.05) is 25.0 Å². The number of nitrogens with zero attached hydrogens (tertiary/aromatic N) is 1. The lowest BCUT2D eigenvalue weighted by Crippen LogP contribution is -2.43. The Bertz CT molecular complexity index is 495. The van der Waals surface area contributed by atoms with Crippen LogP contribution in [-0.4, -0.2) is 18.1 Å². The molecule has 1 aliphatic carbocycles. The first-order valence-corrected chi connectivity index (χ1v) is 6.18. The summed E-state index contributed by atoms with van der Waals surface area (Å²) in [5.41, 5.74) is 0.263. The zero-order valence-corrected chi connectivity index (χ0v) is 10.7. The van der Waals surface area contributed by atoms with Crippen LogP contribution >= 0.6 is 0 Å². The van der Waals surface area contributed by atoms with E-state index >= 15 is 0 Å². The van der Waals surface area contributed by atoms with Crippen LogP contribution in [0.15, 0.2) is 24.3 Å². The first kappa shape index (κ1) is 13.3. The maximum atomic E-state index is 11.5. The number of nitro benzene ring substituents is 1. The van der Waals surface area contributed by atoms with E-state index in [-0.39, 0.29) is 5.69 Å². The Morgan fingerprint density at radius 3 is 2.68 bits per heavy atom. The van der Waals surface area contributed by atoms with E-state index in [0.717, 1.165) is 31.2 Å². The molecule has 0 saturated heterocycles. The van der Waals surface area contributed by atoms with Gasteiger partial charge in [0.05, 0.1) is 17.6 Å². The van der Waals surface area contributed by atoms with Gasteiger partial charge < -0.3 is 10.1 Å². The van der Waals surface area contributed by atoms with Crippen molar-refractivity contribution in [2.75, 3.05) is 7.11 Å². The van der Waals surface area contributed by atoms with Crippen LogP contribution in [-0.2, 0) is 10.3 Å². The van der Waals surface area contributed by atoms with Crippen molar-refractivity contribution >= 4 is 11.8 Å². The molecule has 0 heterocycles. The number of ether oxygens (including phenoxy) is 1. The van der Waals surface area contributed by atoms with Gasteiger partial charge in [-0.15, -0.1) is 0 Å².